The van der Waals surface area contributed by atoms with Crippen molar-refractivity contribution in [2.45, 2.75) is 33.6 Å². The molecule has 0 unspecified atom stereocenters. The summed E-state index contributed by atoms with van der Waals surface area (Å²) in [7, 11) is -3.60. The van der Waals surface area contributed by atoms with Gasteiger partial charge >= 0.3 is 0 Å². The van der Waals surface area contributed by atoms with E-state index in [2.05, 4.69) is 0 Å². The maximum Gasteiger partial charge on any atom is 0.209 e. The third kappa shape index (κ3) is 4.45. The Labute approximate surface area is 120 Å². The lowest BCUT2D eigenvalue weighted by Gasteiger charge is -2.30. The molecule has 0 saturated heterocycles. The van der Waals surface area contributed by atoms with Gasteiger partial charge in [-0.15, -0.1) is 0 Å². The molecule has 1 aromatic rings. The largest absolute Gasteiger partial charge is 0.490 e. The van der Waals surface area contributed by atoms with Crippen LogP contribution in [-0.4, -0.2) is 20.8 Å². The Morgan fingerprint density at radius 3 is 2.40 bits per heavy atom. The smallest absolute Gasteiger partial charge is 0.209 e. The van der Waals surface area contributed by atoms with Gasteiger partial charge in [-0.3, -0.25) is 0 Å². The Balaban J connectivity index is 2.90. The van der Waals surface area contributed by atoms with E-state index in [0.717, 1.165) is 0 Å². The number of rotatable bonds is 7. The van der Waals surface area contributed by atoms with Gasteiger partial charge in [0.1, 0.15) is 0 Å². The van der Waals surface area contributed by atoms with Crippen molar-refractivity contribution in [3.8, 4) is 5.75 Å². The fourth-order valence-electron chi connectivity index (χ4n) is 2.09. The van der Waals surface area contributed by atoms with Crippen molar-refractivity contribution in [1.29, 1.82) is 0 Å². The third-order valence-electron chi connectivity index (χ3n) is 3.70. The second-order valence-electron chi connectivity index (χ2n) is 5.19. The van der Waals surface area contributed by atoms with Crippen molar-refractivity contribution in [3.05, 3.63) is 29.6 Å². The van der Waals surface area contributed by atoms with Crippen LogP contribution in [0.2, 0.25) is 0 Å². The molecule has 0 saturated carbocycles. The van der Waals surface area contributed by atoms with E-state index in [4.69, 9.17) is 9.88 Å². The first-order valence-electron chi connectivity index (χ1n) is 6.61. The van der Waals surface area contributed by atoms with Crippen LogP contribution in [0.4, 0.5) is 4.39 Å². The molecule has 0 spiro atoms. The van der Waals surface area contributed by atoms with Gasteiger partial charge in [0, 0.05) is 5.41 Å². The first-order valence-corrected chi connectivity index (χ1v) is 8.33. The molecule has 0 bridgehead atoms. The summed E-state index contributed by atoms with van der Waals surface area (Å²) < 4.78 is 42.1. The Morgan fingerprint density at radius 1 is 1.30 bits per heavy atom. The van der Waals surface area contributed by atoms with Crippen LogP contribution in [0.3, 0.4) is 0 Å². The SMILES string of the molecule is CCC(CC)(COc1cccc(C)c1F)CS(N)(=O)=O. The van der Waals surface area contributed by atoms with Gasteiger partial charge in [0.2, 0.25) is 10.0 Å². The summed E-state index contributed by atoms with van der Waals surface area (Å²) in [6.45, 7) is 5.53. The predicted molar refractivity (Wildman–Crippen MR) is 77.6 cm³/mol. The number of hydrogen-bond acceptors (Lipinski definition) is 3. The third-order valence-corrected chi connectivity index (χ3v) is 4.71. The minimum Gasteiger partial charge on any atom is -0.490 e. The summed E-state index contributed by atoms with van der Waals surface area (Å²) in [6.07, 6.45) is 1.18. The molecule has 114 valence electrons. The van der Waals surface area contributed by atoms with Crippen molar-refractivity contribution < 1.29 is 17.5 Å². The zero-order chi connectivity index (χ0) is 15.4. The van der Waals surface area contributed by atoms with E-state index < -0.39 is 21.3 Å². The summed E-state index contributed by atoms with van der Waals surface area (Å²) in [5.41, 5.74) is -0.100. The lowest BCUT2D eigenvalue weighted by molar-refractivity contribution is 0.149. The molecule has 0 aromatic heterocycles. The number of sulfonamides is 1. The first kappa shape index (κ1) is 16.9. The van der Waals surface area contributed by atoms with Crippen LogP contribution in [-0.2, 0) is 10.0 Å². The minimum absolute atomic E-state index is 0.122. The van der Waals surface area contributed by atoms with Gasteiger partial charge in [-0.05, 0) is 31.4 Å². The minimum atomic E-state index is -3.60. The average molecular weight is 303 g/mol. The number of hydrogen-bond donors (Lipinski definition) is 1. The molecule has 0 amide bonds. The van der Waals surface area contributed by atoms with Gasteiger partial charge in [0.15, 0.2) is 11.6 Å². The predicted octanol–water partition coefficient (Wildman–Crippen LogP) is 2.61. The van der Waals surface area contributed by atoms with Crippen molar-refractivity contribution in [2.24, 2.45) is 10.6 Å². The molecule has 2 N–H and O–H groups in total. The van der Waals surface area contributed by atoms with Crippen LogP contribution in [0.1, 0.15) is 32.3 Å². The molecule has 0 aliphatic carbocycles. The van der Waals surface area contributed by atoms with Crippen molar-refractivity contribution in [3.63, 3.8) is 0 Å². The van der Waals surface area contributed by atoms with E-state index in [-0.39, 0.29) is 18.1 Å². The molecule has 0 atom stereocenters. The summed E-state index contributed by atoms with van der Waals surface area (Å²) in [5, 5.41) is 5.14. The molecule has 4 nitrogen and oxygen atoms in total. The van der Waals surface area contributed by atoms with E-state index in [1.807, 2.05) is 13.8 Å². The summed E-state index contributed by atoms with van der Waals surface area (Å²) in [6, 6.07) is 4.89. The molecular weight excluding hydrogens is 281 g/mol. The normalized spacial score (nSPS) is 12.4. The van der Waals surface area contributed by atoms with Gasteiger partial charge < -0.3 is 4.74 Å². The highest BCUT2D eigenvalue weighted by atomic mass is 32.2. The highest BCUT2D eigenvalue weighted by Crippen LogP contribution is 2.30. The average Bonchev–Trinajstić information content (AvgIpc) is 2.37. The molecule has 1 aromatic carbocycles. The quantitative estimate of drug-likeness (QED) is 0.841. The van der Waals surface area contributed by atoms with E-state index in [1.54, 1.807) is 19.1 Å². The number of nitrogens with two attached hydrogens (primary N) is 1. The first-order chi connectivity index (χ1) is 9.23. The molecule has 20 heavy (non-hydrogen) atoms. The molecule has 0 heterocycles. The van der Waals surface area contributed by atoms with Crippen LogP contribution in [0.5, 0.6) is 5.75 Å². The molecular formula is C14H22FNO3S. The molecule has 0 radical (unpaired) electrons. The van der Waals surface area contributed by atoms with Gasteiger partial charge in [-0.1, -0.05) is 26.0 Å². The lowest BCUT2D eigenvalue weighted by Crippen LogP contribution is -2.37. The Kier molecular flexibility index (Phi) is 5.53. The zero-order valence-electron chi connectivity index (χ0n) is 12.1. The number of benzene rings is 1. The van der Waals surface area contributed by atoms with Crippen LogP contribution in [0, 0.1) is 18.2 Å². The lowest BCUT2D eigenvalue weighted by atomic mass is 9.85. The monoisotopic (exact) mass is 303 g/mol. The Morgan fingerprint density at radius 2 is 1.90 bits per heavy atom. The molecule has 0 aliphatic rings. The van der Waals surface area contributed by atoms with Crippen molar-refractivity contribution in [2.75, 3.05) is 12.4 Å². The number of aryl methyl sites for hydroxylation is 1. The highest BCUT2D eigenvalue weighted by Gasteiger charge is 2.32. The topological polar surface area (TPSA) is 69.4 Å². The van der Waals surface area contributed by atoms with Crippen LogP contribution >= 0.6 is 0 Å². The zero-order valence-corrected chi connectivity index (χ0v) is 13.0. The van der Waals surface area contributed by atoms with Crippen molar-refractivity contribution in [1.82, 2.24) is 0 Å². The van der Waals surface area contributed by atoms with Crippen molar-refractivity contribution >= 4 is 10.0 Å². The summed E-state index contributed by atoms with van der Waals surface area (Å²) in [5.74, 6) is -0.435. The van der Waals surface area contributed by atoms with Gasteiger partial charge in [-0.2, -0.15) is 0 Å². The standard InChI is InChI=1S/C14H22FNO3S/c1-4-14(5-2,10-20(16,17)18)9-19-12-8-6-7-11(3)13(12)15/h6-8H,4-5,9-10H2,1-3H3,(H2,16,17,18). The number of halogens is 1. The second kappa shape index (κ2) is 6.54. The van der Waals surface area contributed by atoms with Gasteiger partial charge in [0.05, 0.1) is 12.4 Å². The number of primary sulfonamides is 1. The molecule has 0 fully saturated rings. The second-order valence-corrected chi connectivity index (χ2v) is 6.80. The highest BCUT2D eigenvalue weighted by molar-refractivity contribution is 7.89. The Bertz CT molecular complexity index is 554. The van der Waals surface area contributed by atoms with E-state index in [0.29, 0.717) is 18.4 Å². The molecule has 6 heteroatoms. The summed E-state index contributed by atoms with van der Waals surface area (Å²) in [4.78, 5) is 0. The maximum absolute atomic E-state index is 13.9. The Hall–Kier alpha value is -1.14. The molecule has 1 rings (SSSR count). The fourth-order valence-corrected chi connectivity index (χ4v) is 3.43. The van der Waals surface area contributed by atoms with Gasteiger partial charge in [0.25, 0.3) is 0 Å². The number of ether oxygens (including phenoxy) is 1. The van der Waals surface area contributed by atoms with Crippen LogP contribution in [0.25, 0.3) is 0 Å². The fraction of sp³-hybridized carbons (Fsp3) is 0.571. The van der Waals surface area contributed by atoms with Crippen LogP contribution in [0.15, 0.2) is 18.2 Å². The van der Waals surface area contributed by atoms with Crippen LogP contribution < -0.4 is 9.88 Å². The molecule has 0 aliphatic heterocycles. The van der Waals surface area contributed by atoms with E-state index in [1.165, 1.54) is 6.07 Å². The maximum atomic E-state index is 13.9. The summed E-state index contributed by atoms with van der Waals surface area (Å²) >= 11 is 0. The van der Waals surface area contributed by atoms with E-state index in [9.17, 15) is 12.8 Å². The van der Waals surface area contributed by atoms with E-state index >= 15 is 0 Å². The van der Waals surface area contributed by atoms with Gasteiger partial charge in [-0.25, -0.2) is 17.9 Å².